The lowest BCUT2D eigenvalue weighted by molar-refractivity contribution is -0.385. The van der Waals surface area contributed by atoms with Crippen molar-refractivity contribution in [2.75, 3.05) is 11.1 Å². The maximum atomic E-state index is 13.1. The molecule has 1 aromatic carbocycles. The lowest BCUT2D eigenvalue weighted by atomic mass is 10.2. The van der Waals surface area contributed by atoms with Crippen LogP contribution in [0.25, 0.3) is 0 Å². The summed E-state index contributed by atoms with van der Waals surface area (Å²) in [5, 5.41) is 18.5. The minimum Gasteiger partial charge on any atom is -0.366 e. The highest BCUT2D eigenvalue weighted by molar-refractivity contribution is 6.01. The molecule has 10 heteroatoms. The van der Waals surface area contributed by atoms with E-state index in [1.807, 2.05) is 0 Å². The molecule has 0 atom stereocenters. The molecule has 9 nitrogen and oxygen atoms in total. The van der Waals surface area contributed by atoms with Gasteiger partial charge in [0.25, 0.3) is 11.6 Å². The SMILES string of the molecule is Nc1n[nH]c(C(=O)Nc2cc(F)cc([N+](=O)[O-])c2)n1. The van der Waals surface area contributed by atoms with Crippen LogP contribution in [-0.4, -0.2) is 26.0 Å². The molecule has 0 fully saturated rings. The molecule has 2 aromatic rings. The van der Waals surface area contributed by atoms with E-state index < -0.39 is 22.3 Å². The van der Waals surface area contributed by atoms with Crippen LogP contribution < -0.4 is 11.1 Å². The normalized spacial score (nSPS) is 10.2. The maximum absolute atomic E-state index is 13.1. The van der Waals surface area contributed by atoms with Gasteiger partial charge in [-0.05, 0) is 6.07 Å². The van der Waals surface area contributed by atoms with Crippen molar-refractivity contribution < 1.29 is 14.1 Å². The number of nitrogens with one attached hydrogen (secondary N) is 2. The molecule has 4 N–H and O–H groups in total. The largest absolute Gasteiger partial charge is 0.366 e. The second-order valence-corrected chi connectivity index (χ2v) is 3.45. The molecule has 1 aromatic heterocycles. The average Bonchev–Trinajstić information content (AvgIpc) is 2.75. The summed E-state index contributed by atoms with van der Waals surface area (Å²) in [5.41, 5.74) is 4.66. The van der Waals surface area contributed by atoms with Crippen molar-refractivity contribution in [3.8, 4) is 0 Å². The number of rotatable bonds is 3. The van der Waals surface area contributed by atoms with Gasteiger partial charge >= 0.3 is 0 Å². The molecule has 0 aliphatic heterocycles. The van der Waals surface area contributed by atoms with Crippen molar-refractivity contribution in [3.63, 3.8) is 0 Å². The summed E-state index contributed by atoms with van der Waals surface area (Å²) in [6.45, 7) is 0. The van der Waals surface area contributed by atoms with Gasteiger partial charge in [0.05, 0.1) is 16.7 Å². The smallest absolute Gasteiger partial charge is 0.293 e. The third-order valence-corrected chi connectivity index (χ3v) is 2.07. The zero-order valence-electron chi connectivity index (χ0n) is 9.25. The summed E-state index contributed by atoms with van der Waals surface area (Å²) >= 11 is 0. The van der Waals surface area contributed by atoms with Crippen molar-refractivity contribution in [3.05, 3.63) is 40.0 Å². The Morgan fingerprint density at radius 1 is 1.47 bits per heavy atom. The molecule has 0 radical (unpaired) electrons. The third-order valence-electron chi connectivity index (χ3n) is 2.07. The summed E-state index contributed by atoms with van der Waals surface area (Å²) in [7, 11) is 0. The number of hydrogen-bond acceptors (Lipinski definition) is 6. The average molecular weight is 266 g/mol. The first-order chi connectivity index (χ1) is 8.95. The fourth-order valence-electron chi connectivity index (χ4n) is 1.32. The quantitative estimate of drug-likeness (QED) is 0.551. The second kappa shape index (κ2) is 4.68. The van der Waals surface area contributed by atoms with E-state index in [-0.39, 0.29) is 17.5 Å². The van der Waals surface area contributed by atoms with E-state index in [2.05, 4.69) is 20.5 Å². The summed E-state index contributed by atoms with van der Waals surface area (Å²) in [6, 6.07) is 2.69. The van der Waals surface area contributed by atoms with Crippen LogP contribution in [0.2, 0.25) is 0 Å². The molecule has 98 valence electrons. The van der Waals surface area contributed by atoms with Gasteiger partial charge in [-0.25, -0.2) is 4.39 Å². The Kier molecular flexibility index (Phi) is 3.06. The van der Waals surface area contributed by atoms with E-state index >= 15 is 0 Å². The molecular formula is C9H7FN6O3. The monoisotopic (exact) mass is 266 g/mol. The van der Waals surface area contributed by atoms with E-state index in [0.717, 1.165) is 18.2 Å². The minimum atomic E-state index is -0.846. The highest BCUT2D eigenvalue weighted by atomic mass is 19.1. The molecule has 1 heterocycles. The van der Waals surface area contributed by atoms with Crippen LogP contribution in [0.5, 0.6) is 0 Å². The predicted molar refractivity (Wildman–Crippen MR) is 61.8 cm³/mol. The van der Waals surface area contributed by atoms with Crippen molar-refractivity contribution in [1.82, 2.24) is 15.2 Å². The summed E-state index contributed by atoms with van der Waals surface area (Å²) < 4.78 is 13.1. The van der Waals surface area contributed by atoms with Gasteiger partial charge in [0.1, 0.15) is 5.82 Å². The number of non-ortho nitro benzene ring substituents is 1. The van der Waals surface area contributed by atoms with Crippen LogP contribution in [0.15, 0.2) is 18.2 Å². The predicted octanol–water partition coefficient (Wildman–Crippen LogP) is 0.686. The van der Waals surface area contributed by atoms with Gasteiger partial charge in [0.15, 0.2) is 0 Å². The lowest BCUT2D eigenvalue weighted by Crippen LogP contribution is -2.14. The molecule has 0 aliphatic carbocycles. The number of nitro groups is 1. The van der Waals surface area contributed by atoms with Gasteiger partial charge < -0.3 is 11.1 Å². The molecule has 0 spiro atoms. The number of nitrogens with two attached hydrogens (primary N) is 1. The number of nitrogens with zero attached hydrogens (tertiary/aromatic N) is 3. The second-order valence-electron chi connectivity index (χ2n) is 3.45. The van der Waals surface area contributed by atoms with Gasteiger partial charge in [-0.15, -0.1) is 5.10 Å². The van der Waals surface area contributed by atoms with Crippen molar-refractivity contribution in [2.24, 2.45) is 0 Å². The van der Waals surface area contributed by atoms with Crippen LogP contribution in [0, 0.1) is 15.9 Å². The number of amides is 1. The van der Waals surface area contributed by atoms with E-state index in [1.165, 1.54) is 0 Å². The molecule has 0 unspecified atom stereocenters. The van der Waals surface area contributed by atoms with Gasteiger partial charge in [0, 0.05) is 6.07 Å². The zero-order chi connectivity index (χ0) is 14.0. The Morgan fingerprint density at radius 3 is 2.79 bits per heavy atom. The third kappa shape index (κ3) is 2.80. The zero-order valence-corrected chi connectivity index (χ0v) is 9.25. The van der Waals surface area contributed by atoms with E-state index in [4.69, 9.17) is 5.73 Å². The molecule has 0 bridgehead atoms. The number of halogens is 1. The summed E-state index contributed by atoms with van der Waals surface area (Å²) in [5.74, 6) is -1.91. The fourth-order valence-corrected chi connectivity index (χ4v) is 1.32. The lowest BCUT2D eigenvalue weighted by Gasteiger charge is -2.02. The Hall–Kier alpha value is -3.04. The molecule has 19 heavy (non-hydrogen) atoms. The van der Waals surface area contributed by atoms with E-state index in [0.29, 0.717) is 0 Å². The number of carbonyl (C=O) groups is 1. The number of carbonyl (C=O) groups excluding carboxylic acids is 1. The standard InChI is InChI=1S/C9H7FN6O3/c10-4-1-5(3-6(2-4)16(18)19)12-8(17)7-13-9(11)15-14-7/h1-3H,(H,12,17)(H3,11,13,14,15). The molecule has 2 rings (SSSR count). The Labute approximate surface area is 104 Å². The summed E-state index contributed by atoms with van der Waals surface area (Å²) in [6.07, 6.45) is 0. The first-order valence-electron chi connectivity index (χ1n) is 4.90. The number of aromatic nitrogens is 3. The minimum absolute atomic E-state index is 0.0772. The van der Waals surface area contributed by atoms with Gasteiger partial charge in [-0.3, -0.25) is 20.0 Å². The number of aromatic amines is 1. The fraction of sp³-hybridized carbons (Fsp3) is 0. The molecule has 0 aliphatic rings. The number of benzene rings is 1. The Balaban J connectivity index is 2.23. The van der Waals surface area contributed by atoms with Crippen molar-refractivity contribution in [1.29, 1.82) is 0 Å². The van der Waals surface area contributed by atoms with Crippen LogP contribution in [0.4, 0.5) is 21.7 Å². The van der Waals surface area contributed by atoms with E-state index in [9.17, 15) is 19.3 Å². The number of nitro benzene ring substituents is 1. The van der Waals surface area contributed by atoms with E-state index in [1.54, 1.807) is 0 Å². The number of anilines is 2. The topological polar surface area (TPSA) is 140 Å². The molecule has 1 amide bonds. The molecule has 0 saturated carbocycles. The number of nitrogen functional groups attached to an aromatic ring is 1. The number of H-pyrrole nitrogens is 1. The van der Waals surface area contributed by atoms with Crippen molar-refractivity contribution >= 4 is 23.2 Å². The van der Waals surface area contributed by atoms with Crippen LogP contribution in [0.1, 0.15) is 10.6 Å². The summed E-state index contributed by atoms with van der Waals surface area (Å²) in [4.78, 5) is 25.0. The van der Waals surface area contributed by atoms with Crippen LogP contribution >= 0.6 is 0 Å². The number of hydrogen-bond donors (Lipinski definition) is 3. The van der Waals surface area contributed by atoms with Crippen LogP contribution in [0.3, 0.4) is 0 Å². The highest BCUT2D eigenvalue weighted by Crippen LogP contribution is 2.20. The van der Waals surface area contributed by atoms with Gasteiger partial charge in [-0.2, -0.15) is 4.98 Å². The molecular weight excluding hydrogens is 259 g/mol. The van der Waals surface area contributed by atoms with Gasteiger partial charge in [0.2, 0.25) is 11.8 Å². The maximum Gasteiger partial charge on any atom is 0.293 e. The van der Waals surface area contributed by atoms with Crippen molar-refractivity contribution in [2.45, 2.75) is 0 Å². The Morgan fingerprint density at radius 2 is 2.21 bits per heavy atom. The first-order valence-corrected chi connectivity index (χ1v) is 4.90. The molecule has 0 saturated heterocycles. The Bertz CT molecular complexity index is 655. The van der Waals surface area contributed by atoms with Gasteiger partial charge in [-0.1, -0.05) is 0 Å². The highest BCUT2D eigenvalue weighted by Gasteiger charge is 2.14. The first kappa shape index (κ1) is 12.4. The van der Waals surface area contributed by atoms with Crippen LogP contribution in [-0.2, 0) is 0 Å².